The van der Waals surface area contributed by atoms with E-state index >= 15 is 0 Å². The second-order valence-corrected chi connectivity index (χ2v) is 4.31. The number of benzene rings is 1. The summed E-state index contributed by atoms with van der Waals surface area (Å²) in [5, 5.41) is 10.1. The minimum Gasteiger partial charge on any atom is -0.496 e. The number of unbranched alkanes of at least 4 members (excludes halogenated alkanes) is 1. The standard InChI is InChI=1S/C14H23NO3.ClH/c1-4-5-7-10(16)14(15)13-11(17-2)8-6-9-12(13)18-3;/h6,8-10,14,16H,4-5,7,15H2,1-3H3;1H/t10-,14-;/m0./s1. The van der Waals surface area contributed by atoms with E-state index in [0.29, 0.717) is 17.9 Å². The third-order valence-corrected chi connectivity index (χ3v) is 3.07. The smallest absolute Gasteiger partial charge is 0.127 e. The van der Waals surface area contributed by atoms with E-state index in [2.05, 4.69) is 6.92 Å². The van der Waals surface area contributed by atoms with E-state index in [1.807, 2.05) is 18.2 Å². The highest BCUT2D eigenvalue weighted by Crippen LogP contribution is 2.35. The van der Waals surface area contributed by atoms with E-state index in [9.17, 15) is 5.11 Å². The second kappa shape index (κ2) is 9.02. The lowest BCUT2D eigenvalue weighted by Gasteiger charge is -2.23. The third kappa shape index (κ3) is 4.56. The molecule has 3 N–H and O–H groups in total. The maximum atomic E-state index is 10.1. The monoisotopic (exact) mass is 289 g/mol. The van der Waals surface area contributed by atoms with E-state index in [-0.39, 0.29) is 12.4 Å². The molecule has 19 heavy (non-hydrogen) atoms. The first-order valence-corrected chi connectivity index (χ1v) is 6.30. The van der Waals surface area contributed by atoms with Crippen molar-refractivity contribution < 1.29 is 14.6 Å². The van der Waals surface area contributed by atoms with Gasteiger partial charge in [-0.05, 0) is 18.6 Å². The Morgan fingerprint density at radius 2 is 1.74 bits per heavy atom. The average Bonchev–Trinajstić information content (AvgIpc) is 2.42. The molecule has 4 nitrogen and oxygen atoms in total. The normalized spacial score (nSPS) is 13.3. The molecule has 1 rings (SSSR count). The Balaban J connectivity index is 0.00000324. The molecule has 0 saturated heterocycles. The summed E-state index contributed by atoms with van der Waals surface area (Å²) in [7, 11) is 3.17. The topological polar surface area (TPSA) is 64.7 Å². The molecule has 0 unspecified atom stereocenters. The molecule has 5 heteroatoms. The largest absolute Gasteiger partial charge is 0.496 e. The number of hydrogen-bond acceptors (Lipinski definition) is 4. The summed E-state index contributed by atoms with van der Waals surface area (Å²) in [5.74, 6) is 1.30. The van der Waals surface area contributed by atoms with Crippen molar-refractivity contribution in [3.8, 4) is 11.5 Å². The lowest BCUT2D eigenvalue weighted by Crippen LogP contribution is -2.27. The zero-order valence-electron chi connectivity index (χ0n) is 11.8. The van der Waals surface area contributed by atoms with E-state index in [4.69, 9.17) is 15.2 Å². The van der Waals surface area contributed by atoms with Crippen molar-refractivity contribution >= 4 is 12.4 Å². The Hall–Kier alpha value is -0.970. The molecule has 0 heterocycles. The fraction of sp³-hybridized carbons (Fsp3) is 0.571. The van der Waals surface area contributed by atoms with Crippen molar-refractivity contribution in [3.63, 3.8) is 0 Å². The summed E-state index contributed by atoms with van der Waals surface area (Å²) in [4.78, 5) is 0. The van der Waals surface area contributed by atoms with Gasteiger partial charge in [0.25, 0.3) is 0 Å². The van der Waals surface area contributed by atoms with Gasteiger partial charge in [-0.15, -0.1) is 12.4 Å². The fourth-order valence-electron chi connectivity index (χ4n) is 1.99. The molecule has 1 aromatic rings. The molecule has 110 valence electrons. The summed E-state index contributed by atoms with van der Waals surface area (Å²) in [6.07, 6.45) is 2.08. The van der Waals surface area contributed by atoms with Crippen LogP contribution in [-0.2, 0) is 0 Å². The third-order valence-electron chi connectivity index (χ3n) is 3.07. The SMILES string of the molecule is CCCC[C@H](O)[C@H](N)c1c(OC)cccc1OC.Cl. The van der Waals surface area contributed by atoms with Gasteiger partial charge in [0.05, 0.1) is 31.9 Å². The maximum absolute atomic E-state index is 10.1. The van der Waals surface area contributed by atoms with Gasteiger partial charge in [-0.3, -0.25) is 0 Å². The molecule has 0 aliphatic carbocycles. The zero-order valence-corrected chi connectivity index (χ0v) is 12.6. The van der Waals surface area contributed by atoms with Crippen LogP contribution in [0.5, 0.6) is 11.5 Å². The van der Waals surface area contributed by atoms with Gasteiger partial charge in [-0.2, -0.15) is 0 Å². The highest BCUT2D eigenvalue weighted by molar-refractivity contribution is 5.85. The van der Waals surface area contributed by atoms with Crippen molar-refractivity contribution in [1.29, 1.82) is 0 Å². The lowest BCUT2D eigenvalue weighted by atomic mass is 9.96. The molecule has 0 amide bonds. The Bertz CT molecular complexity index is 351. The number of methoxy groups -OCH3 is 2. The van der Waals surface area contributed by atoms with Crippen LogP contribution >= 0.6 is 12.4 Å². The van der Waals surface area contributed by atoms with E-state index in [1.54, 1.807) is 14.2 Å². The molecule has 0 aromatic heterocycles. The van der Waals surface area contributed by atoms with E-state index in [0.717, 1.165) is 18.4 Å². The van der Waals surface area contributed by atoms with Gasteiger partial charge in [0.1, 0.15) is 11.5 Å². The van der Waals surface area contributed by atoms with Gasteiger partial charge in [0, 0.05) is 0 Å². The molecule has 0 spiro atoms. The number of ether oxygens (including phenoxy) is 2. The van der Waals surface area contributed by atoms with Gasteiger partial charge in [-0.1, -0.05) is 25.8 Å². The molecule has 0 radical (unpaired) electrons. The average molecular weight is 290 g/mol. The molecule has 0 bridgehead atoms. The summed E-state index contributed by atoms with van der Waals surface area (Å²) in [6.45, 7) is 2.09. The second-order valence-electron chi connectivity index (χ2n) is 4.31. The van der Waals surface area contributed by atoms with Crippen molar-refractivity contribution in [3.05, 3.63) is 23.8 Å². The molecule has 0 aliphatic rings. The molecule has 0 saturated carbocycles. The number of halogens is 1. The Morgan fingerprint density at radius 3 is 2.16 bits per heavy atom. The number of aliphatic hydroxyl groups excluding tert-OH is 1. The van der Waals surface area contributed by atoms with E-state index in [1.165, 1.54) is 0 Å². The lowest BCUT2D eigenvalue weighted by molar-refractivity contribution is 0.130. The number of rotatable bonds is 7. The van der Waals surface area contributed by atoms with Crippen molar-refractivity contribution in [2.75, 3.05) is 14.2 Å². The first-order valence-electron chi connectivity index (χ1n) is 6.30. The van der Waals surface area contributed by atoms with Gasteiger partial charge in [0.15, 0.2) is 0 Å². The van der Waals surface area contributed by atoms with Crippen molar-refractivity contribution in [1.82, 2.24) is 0 Å². The summed E-state index contributed by atoms with van der Waals surface area (Å²) < 4.78 is 10.6. The summed E-state index contributed by atoms with van der Waals surface area (Å²) in [5.41, 5.74) is 6.85. The van der Waals surface area contributed by atoms with Crippen LogP contribution in [0.15, 0.2) is 18.2 Å². The Kier molecular flexibility index (Phi) is 8.56. The fourth-order valence-corrected chi connectivity index (χ4v) is 1.99. The van der Waals surface area contributed by atoms with Gasteiger partial charge >= 0.3 is 0 Å². The first kappa shape index (κ1) is 18.0. The number of nitrogens with two attached hydrogens (primary N) is 1. The summed E-state index contributed by atoms with van der Waals surface area (Å²) in [6, 6.07) is 4.99. The minimum atomic E-state index is -0.588. The molecule has 0 aliphatic heterocycles. The maximum Gasteiger partial charge on any atom is 0.127 e. The summed E-state index contributed by atoms with van der Waals surface area (Å²) >= 11 is 0. The van der Waals surface area contributed by atoms with Gasteiger partial charge in [-0.25, -0.2) is 0 Å². The van der Waals surface area contributed by atoms with Crippen LogP contribution in [0, 0.1) is 0 Å². The van der Waals surface area contributed by atoms with Crippen LogP contribution in [0.3, 0.4) is 0 Å². The van der Waals surface area contributed by atoms with E-state index < -0.39 is 12.1 Å². The van der Waals surface area contributed by atoms with Crippen molar-refractivity contribution in [2.24, 2.45) is 5.73 Å². The number of hydrogen-bond donors (Lipinski definition) is 2. The van der Waals surface area contributed by atoms with Crippen LogP contribution < -0.4 is 15.2 Å². The van der Waals surface area contributed by atoms with Gasteiger partial charge < -0.3 is 20.3 Å². The van der Waals surface area contributed by atoms with Crippen LogP contribution in [-0.4, -0.2) is 25.4 Å². The highest BCUT2D eigenvalue weighted by Gasteiger charge is 2.23. The molecular weight excluding hydrogens is 266 g/mol. The van der Waals surface area contributed by atoms with Crippen LogP contribution in [0.4, 0.5) is 0 Å². The quantitative estimate of drug-likeness (QED) is 0.810. The van der Waals surface area contributed by atoms with Crippen molar-refractivity contribution in [2.45, 2.75) is 38.3 Å². The molecule has 2 atom stereocenters. The van der Waals surface area contributed by atoms with Gasteiger partial charge in [0.2, 0.25) is 0 Å². The molecular formula is C14H24ClNO3. The Morgan fingerprint density at radius 1 is 1.21 bits per heavy atom. The first-order chi connectivity index (χ1) is 8.65. The minimum absolute atomic E-state index is 0. The molecule has 0 fully saturated rings. The molecule has 1 aromatic carbocycles. The van der Waals surface area contributed by atoms with Crippen LogP contribution in [0.2, 0.25) is 0 Å². The predicted octanol–water partition coefficient (Wildman–Crippen LogP) is 2.68. The van der Waals surface area contributed by atoms with Crippen LogP contribution in [0.1, 0.15) is 37.8 Å². The Labute approximate surface area is 121 Å². The van der Waals surface area contributed by atoms with Crippen LogP contribution in [0.25, 0.3) is 0 Å². The highest BCUT2D eigenvalue weighted by atomic mass is 35.5. The zero-order chi connectivity index (χ0) is 13.5. The number of aliphatic hydroxyl groups is 1. The predicted molar refractivity (Wildman–Crippen MR) is 79.3 cm³/mol.